The van der Waals surface area contributed by atoms with Crippen molar-refractivity contribution in [2.45, 2.75) is 65.2 Å². The van der Waals surface area contributed by atoms with Crippen LogP contribution in [0, 0.1) is 5.92 Å². The van der Waals surface area contributed by atoms with Gasteiger partial charge in [0.25, 0.3) is 0 Å². The molecule has 4 N–H and O–H groups in total. The molecule has 0 aromatic carbocycles. The van der Waals surface area contributed by atoms with Gasteiger partial charge in [0.1, 0.15) is 10.8 Å². The molecule has 28 heavy (non-hydrogen) atoms. The second-order valence-corrected chi connectivity index (χ2v) is 8.04. The quantitative estimate of drug-likeness (QED) is 0.131. The number of thiophene rings is 1. The Morgan fingerprint density at radius 2 is 2.11 bits per heavy atom. The van der Waals surface area contributed by atoms with Gasteiger partial charge in [-0.1, -0.05) is 18.5 Å². The number of aryl methyl sites for hydroxylation is 1. The minimum Gasteiger partial charge on any atom is -0.409 e. The number of nitrogens with one attached hydrogen (secondary N) is 3. The first kappa shape index (κ1) is 22.2. The van der Waals surface area contributed by atoms with E-state index in [-0.39, 0.29) is 17.7 Å². The van der Waals surface area contributed by atoms with E-state index in [0.29, 0.717) is 6.41 Å². The van der Waals surface area contributed by atoms with Crippen LogP contribution in [-0.4, -0.2) is 29.9 Å². The zero-order valence-electron chi connectivity index (χ0n) is 16.5. The van der Waals surface area contributed by atoms with Crippen molar-refractivity contribution in [3.8, 4) is 5.75 Å². The van der Waals surface area contributed by atoms with Gasteiger partial charge in [0.05, 0.1) is 0 Å². The number of oxime groups is 1. The lowest BCUT2D eigenvalue weighted by Crippen LogP contribution is -2.21. The normalized spacial score (nSPS) is 15.7. The molecule has 0 saturated heterocycles. The van der Waals surface area contributed by atoms with Crippen LogP contribution in [0.1, 0.15) is 62.8 Å². The highest BCUT2D eigenvalue weighted by Gasteiger charge is 2.32. The van der Waals surface area contributed by atoms with E-state index >= 15 is 0 Å². The average molecular weight is 411 g/mol. The summed E-state index contributed by atoms with van der Waals surface area (Å²) in [6.45, 7) is 4.47. The number of carbonyl (C=O) groups is 2. The lowest BCUT2D eigenvalue weighted by molar-refractivity contribution is -0.117. The molecule has 3 rings (SSSR count). The number of fused-ring (bicyclic) bond motifs is 1. The number of anilines is 1. The van der Waals surface area contributed by atoms with Crippen LogP contribution in [0.15, 0.2) is 5.16 Å². The molecule has 8 nitrogen and oxygen atoms in total. The van der Waals surface area contributed by atoms with Gasteiger partial charge >= 0.3 is 0 Å². The standard InChI is InChI=1S/C16H24N2O2S.C3H6N2O2/c1-2-3-10-17-20-14-12-6-4-5-7-13(12)21-16(14)18-15(19)11-8-9-11;1-3(5-7)4-2-6/h11,17H,2-10H2,1H3,(H,18,19);2,7H,1H3,(H,4,5,6). The molecule has 1 aromatic rings. The molecule has 0 radical (unpaired) electrons. The van der Waals surface area contributed by atoms with Crippen LogP contribution >= 0.6 is 11.3 Å². The molecule has 2 aliphatic rings. The highest BCUT2D eigenvalue weighted by Crippen LogP contribution is 2.44. The Kier molecular flexibility index (Phi) is 9.22. The summed E-state index contributed by atoms with van der Waals surface area (Å²) < 4.78 is 0. The summed E-state index contributed by atoms with van der Waals surface area (Å²) >= 11 is 1.70. The average Bonchev–Trinajstić information content (AvgIpc) is 3.50. The summed E-state index contributed by atoms with van der Waals surface area (Å²) in [7, 11) is 0. The molecule has 2 aliphatic carbocycles. The van der Waals surface area contributed by atoms with Crippen LogP contribution in [0.25, 0.3) is 0 Å². The Labute approximate surface area is 169 Å². The molecule has 0 aliphatic heterocycles. The predicted octanol–water partition coefficient (Wildman–Crippen LogP) is 3.20. The summed E-state index contributed by atoms with van der Waals surface area (Å²) in [5.74, 6) is 1.45. The Morgan fingerprint density at radius 1 is 1.36 bits per heavy atom. The molecule has 0 unspecified atom stereocenters. The molecule has 1 fully saturated rings. The van der Waals surface area contributed by atoms with Crippen molar-refractivity contribution in [2.75, 3.05) is 11.9 Å². The van der Waals surface area contributed by atoms with E-state index in [2.05, 4.69) is 28.2 Å². The van der Waals surface area contributed by atoms with E-state index in [1.54, 1.807) is 11.3 Å². The third kappa shape index (κ3) is 6.79. The maximum Gasteiger partial charge on any atom is 0.228 e. The fourth-order valence-electron chi connectivity index (χ4n) is 2.77. The first-order chi connectivity index (χ1) is 13.6. The van der Waals surface area contributed by atoms with Crippen molar-refractivity contribution in [1.82, 2.24) is 10.8 Å². The topological polar surface area (TPSA) is 112 Å². The first-order valence-electron chi connectivity index (χ1n) is 9.84. The van der Waals surface area contributed by atoms with Crippen LogP contribution in [0.4, 0.5) is 5.00 Å². The number of carbonyl (C=O) groups excluding carboxylic acids is 2. The monoisotopic (exact) mass is 410 g/mol. The fourth-order valence-corrected chi connectivity index (χ4v) is 3.99. The number of amidine groups is 1. The number of hydrogen-bond acceptors (Lipinski definition) is 7. The van der Waals surface area contributed by atoms with Gasteiger partial charge in [0.15, 0.2) is 5.75 Å². The summed E-state index contributed by atoms with van der Waals surface area (Å²) in [5, 5.41) is 16.6. The van der Waals surface area contributed by atoms with Gasteiger partial charge < -0.3 is 20.7 Å². The number of unbranched alkanes of at least 4 members (excludes halogenated alkanes) is 1. The molecular weight excluding hydrogens is 380 g/mol. The molecule has 1 aromatic heterocycles. The summed E-state index contributed by atoms with van der Waals surface area (Å²) in [4.78, 5) is 28.7. The summed E-state index contributed by atoms with van der Waals surface area (Å²) in [5.41, 5.74) is 4.36. The van der Waals surface area contributed by atoms with Crippen LogP contribution in [-0.2, 0) is 22.4 Å². The molecule has 1 heterocycles. The van der Waals surface area contributed by atoms with E-state index in [4.69, 9.17) is 10.0 Å². The Morgan fingerprint density at radius 3 is 2.71 bits per heavy atom. The Hall–Kier alpha value is -2.13. The molecule has 0 bridgehead atoms. The van der Waals surface area contributed by atoms with Crippen molar-refractivity contribution >= 4 is 34.5 Å². The number of hydrogen-bond donors (Lipinski definition) is 4. The third-order valence-corrected chi connectivity index (χ3v) is 5.72. The summed E-state index contributed by atoms with van der Waals surface area (Å²) in [6.07, 6.45) is 9.37. The van der Waals surface area contributed by atoms with E-state index in [9.17, 15) is 9.59 Å². The Balaban J connectivity index is 0.000000345. The van der Waals surface area contributed by atoms with Gasteiger partial charge in [-0.2, -0.15) is 5.48 Å². The molecule has 1 saturated carbocycles. The molecular formula is C19H30N4O4S. The van der Waals surface area contributed by atoms with Crippen LogP contribution in [0.3, 0.4) is 0 Å². The van der Waals surface area contributed by atoms with Gasteiger partial charge in [-0.05, 0) is 51.9 Å². The zero-order chi connectivity index (χ0) is 20.4. The summed E-state index contributed by atoms with van der Waals surface area (Å²) in [6, 6.07) is 0. The van der Waals surface area contributed by atoms with Gasteiger partial charge in [-0.3, -0.25) is 9.59 Å². The largest absolute Gasteiger partial charge is 0.409 e. The van der Waals surface area contributed by atoms with Gasteiger partial charge in [0.2, 0.25) is 12.3 Å². The molecule has 2 amide bonds. The van der Waals surface area contributed by atoms with Gasteiger partial charge in [-0.15, -0.1) is 11.3 Å². The van der Waals surface area contributed by atoms with Gasteiger partial charge in [-0.25, -0.2) is 0 Å². The lowest BCUT2D eigenvalue weighted by Gasteiger charge is -2.14. The highest BCUT2D eigenvalue weighted by atomic mass is 32.1. The molecule has 0 atom stereocenters. The van der Waals surface area contributed by atoms with Crippen LogP contribution in [0.5, 0.6) is 5.75 Å². The predicted molar refractivity (Wildman–Crippen MR) is 110 cm³/mol. The SMILES string of the molecule is C/C(=N/O)NC=O.CCCCNOc1c(NC(=O)C2CC2)sc2c1CCCC2. The number of nitrogens with zero attached hydrogens (tertiary/aromatic N) is 1. The third-order valence-electron chi connectivity index (χ3n) is 4.53. The van der Waals surface area contributed by atoms with Crippen LogP contribution in [0.2, 0.25) is 0 Å². The Bertz CT molecular complexity index is 686. The second kappa shape index (κ2) is 11.7. The molecule has 156 valence electrons. The van der Waals surface area contributed by atoms with Crippen molar-refractivity contribution in [1.29, 1.82) is 0 Å². The van der Waals surface area contributed by atoms with Gasteiger partial charge in [0, 0.05) is 22.9 Å². The van der Waals surface area contributed by atoms with E-state index in [1.807, 2.05) is 0 Å². The smallest absolute Gasteiger partial charge is 0.228 e. The highest BCUT2D eigenvalue weighted by molar-refractivity contribution is 7.17. The van der Waals surface area contributed by atoms with Crippen molar-refractivity contribution < 1.29 is 19.6 Å². The first-order valence-corrected chi connectivity index (χ1v) is 10.7. The van der Waals surface area contributed by atoms with E-state index in [0.717, 1.165) is 55.8 Å². The maximum atomic E-state index is 12.0. The second-order valence-electron chi connectivity index (χ2n) is 6.93. The minimum atomic E-state index is 0.159. The van der Waals surface area contributed by atoms with Crippen LogP contribution < -0.4 is 21.0 Å². The zero-order valence-corrected chi connectivity index (χ0v) is 17.4. The number of amides is 2. The fraction of sp³-hybridized carbons (Fsp3) is 0.632. The van der Waals surface area contributed by atoms with E-state index in [1.165, 1.54) is 30.2 Å². The number of rotatable bonds is 8. The van der Waals surface area contributed by atoms with E-state index < -0.39 is 0 Å². The minimum absolute atomic E-state index is 0.159. The molecule has 0 spiro atoms. The molecule has 9 heteroatoms. The number of hydroxylamine groups is 1. The van der Waals surface area contributed by atoms with Crippen molar-refractivity contribution in [3.05, 3.63) is 10.4 Å². The maximum absolute atomic E-state index is 12.0. The lowest BCUT2D eigenvalue weighted by atomic mass is 9.99. The van der Waals surface area contributed by atoms with Crippen molar-refractivity contribution in [2.24, 2.45) is 11.1 Å². The van der Waals surface area contributed by atoms with Crippen molar-refractivity contribution in [3.63, 3.8) is 0 Å².